The molecule has 39 nitrogen and oxygen atoms in total. The van der Waals surface area contributed by atoms with Gasteiger partial charge in [-0.15, -0.1) is 0 Å². The summed E-state index contributed by atoms with van der Waals surface area (Å²) >= 11 is 31.1. The van der Waals surface area contributed by atoms with E-state index in [1.54, 1.807) is 35.0 Å². The SMILES string of the molecule is COc1c(O)c(F)c2nc(C(C)(C)C)nc(N)c2c1OC(C)=O.COc1c(OC)c(NC(C)=S)c2c(N)nc(C(C)(C)C)nc2c1Br.COc1c(OC)c(NC(C)=S)c2c(N)nc(C(C)(C)C)nc2c1Cl.COc1c(OC)c(NC(C)=S)c2c(N)nc(C(C)(C)C)nc2c1F.COc1c(OC)c(OC(C)=O)c2c(N)nc(C(C)(C)C)nc2c1Br.COc1c(OC)c(OC(C)=O)c2c(N)nc(C(C)(C)C)nc2c1I. The van der Waals surface area contributed by atoms with Crippen molar-refractivity contribution in [1.82, 2.24) is 59.8 Å². The van der Waals surface area contributed by atoms with Crippen molar-refractivity contribution in [2.45, 2.75) is 199 Å². The molecule has 12 rings (SSSR count). The minimum absolute atomic E-state index is 0.0275. The zero-order valence-corrected chi connectivity index (χ0v) is 94.7. The van der Waals surface area contributed by atoms with Crippen LogP contribution in [0.4, 0.5) is 60.8 Å². The first-order valence-electron chi connectivity index (χ1n) is 43.1. The third kappa shape index (κ3) is 25.9. The van der Waals surface area contributed by atoms with Crippen LogP contribution >= 0.6 is 103 Å². The van der Waals surface area contributed by atoms with E-state index >= 15 is 0 Å². The molecule has 143 heavy (non-hydrogen) atoms. The number of nitrogens with one attached hydrogen (secondary N) is 3. The summed E-state index contributed by atoms with van der Waals surface area (Å²) < 4.78 is 106. The minimum Gasteiger partial charge on any atom is -0.502 e. The van der Waals surface area contributed by atoms with Crippen LogP contribution in [-0.4, -0.2) is 176 Å². The standard InChI is InChI=1S/C16H21BrN4O2S.C16H20BrN3O4.C16H21ClN4O2S.C16H21FN4O2S.C16H20IN3O4.C15H18FN3O4/c1-7(24)19-11-8-10(9(17)12(22-5)13(11)23-6)20-15(16(2,3)4)21-14(8)18;1-7(21)24-11-8-10(9(17)12(22-5)13(11)23-6)19-15(16(2,3)4)20-14(8)18;2*1-7(24)19-11-8-10(9(17)12(22-5)13(11)23-6)20-15(16(2,3)4)21-14(8)18;1-7(21)24-11-8-10(9(17)12(22-5)13(11)23-6)19-15(16(2,3)4)20-14(8)18;1-6(20)23-11-7-9(8(16)10(21)12(11)22-5)18-14(15(2,3)4)19-13(7)17/h1-6H3,(H,19,24)(H2,18,20,21);1-6H3,(H2,18,19,20);2*1-6H3,(H,19,24)(H2,18,20,21);1-6H3,(H2,18,19,20);21H,1-5H3,(H2,17,18,19). The average molecular weight is 2300 g/mol. The number of benzene rings is 6. The maximum atomic E-state index is 15.0. The lowest BCUT2D eigenvalue weighted by molar-refractivity contribution is -0.132. The summed E-state index contributed by atoms with van der Waals surface area (Å²) in [4.78, 5) is 89.2. The minimum atomic E-state index is -1.02. The number of phenolic OH excluding ortho intramolecular Hbond substituents is 1. The number of anilines is 9. The number of nitrogens with two attached hydrogens (primary N) is 6. The Morgan fingerprint density at radius 2 is 0.524 bits per heavy atom. The Labute approximate surface area is 878 Å². The molecule has 12 aromatic rings. The second-order valence-electron chi connectivity index (χ2n) is 37.5. The van der Waals surface area contributed by atoms with Gasteiger partial charge >= 0.3 is 17.9 Å². The van der Waals surface area contributed by atoms with E-state index in [0.29, 0.717) is 180 Å². The van der Waals surface area contributed by atoms with Crippen molar-refractivity contribution in [3.05, 3.63) is 64.1 Å². The van der Waals surface area contributed by atoms with Gasteiger partial charge in [-0.2, -0.15) is 0 Å². The van der Waals surface area contributed by atoms with E-state index in [9.17, 15) is 28.3 Å². The molecule has 6 aromatic heterocycles. The number of methoxy groups -OCH3 is 11. The van der Waals surface area contributed by atoms with E-state index < -0.39 is 46.1 Å². The highest BCUT2D eigenvalue weighted by molar-refractivity contribution is 14.1. The molecule has 6 aromatic carbocycles. The van der Waals surface area contributed by atoms with Crippen LogP contribution in [0.3, 0.4) is 0 Å². The number of nitrogen functional groups attached to an aromatic ring is 6. The van der Waals surface area contributed by atoms with Gasteiger partial charge in [0.1, 0.15) is 91.4 Å². The molecule has 0 radical (unpaired) electrons. The van der Waals surface area contributed by atoms with E-state index in [2.05, 4.69) is 125 Å². The van der Waals surface area contributed by atoms with Crippen LogP contribution in [0, 0.1) is 15.2 Å². The summed E-state index contributed by atoms with van der Waals surface area (Å²) in [5.41, 5.74) is 38.4. The summed E-state index contributed by atoms with van der Waals surface area (Å²) in [5.74, 6) is 2.97. The van der Waals surface area contributed by atoms with Crippen molar-refractivity contribution >= 4 is 253 Å². The molecule has 0 aliphatic carbocycles. The Bertz CT molecular complexity index is 6230. The Hall–Kier alpha value is -12.3. The molecular weight excluding hydrogens is 2180 g/mol. The number of aromatic hydroxyl groups is 1. The van der Waals surface area contributed by atoms with Crippen molar-refractivity contribution in [2.24, 2.45) is 0 Å². The number of phenols is 1. The number of nitrogens with zero attached hydrogens (tertiary/aromatic N) is 12. The molecule has 0 saturated heterocycles. The molecule has 774 valence electrons. The predicted molar refractivity (Wildman–Crippen MR) is 582 cm³/mol. The van der Waals surface area contributed by atoms with Crippen LogP contribution in [0.2, 0.25) is 5.02 Å². The predicted octanol–water partition coefficient (Wildman–Crippen LogP) is 20.0. The smallest absolute Gasteiger partial charge is 0.308 e. The van der Waals surface area contributed by atoms with Gasteiger partial charge in [-0.1, -0.05) is 173 Å². The van der Waals surface area contributed by atoms with Gasteiger partial charge in [-0.25, -0.2) is 68.6 Å². The Balaban J connectivity index is 0.000000233. The van der Waals surface area contributed by atoms with E-state index in [-0.39, 0.29) is 107 Å². The summed E-state index contributed by atoms with van der Waals surface area (Å²) in [6, 6.07) is 0. The Morgan fingerprint density at radius 1 is 0.308 bits per heavy atom. The van der Waals surface area contributed by atoms with Gasteiger partial charge in [0.2, 0.25) is 28.7 Å². The number of carbonyl (C=O) groups excluding carboxylic acids is 3. The van der Waals surface area contributed by atoms with Crippen LogP contribution in [-0.2, 0) is 46.9 Å². The van der Waals surface area contributed by atoms with E-state index in [1.165, 1.54) is 77.8 Å². The lowest BCUT2D eigenvalue weighted by atomic mass is 9.95. The van der Waals surface area contributed by atoms with Crippen molar-refractivity contribution in [2.75, 3.05) is 129 Å². The van der Waals surface area contributed by atoms with Crippen molar-refractivity contribution in [3.8, 4) is 86.2 Å². The van der Waals surface area contributed by atoms with Crippen LogP contribution in [0.15, 0.2) is 8.95 Å². The van der Waals surface area contributed by atoms with Crippen LogP contribution in [0.5, 0.6) is 86.2 Å². The summed E-state index contributed by atoms with van der Waals surface area (Å²) in [6.45, 7) is 44.3. The first-order valence-corrected chi connectivity index (χ1v) is 47.4. The largest absolute Gasteiger partial charge is 0.502 e. The monoisotopic (exact) mass is 2300 g/mol. The molecule has 16 N–H and O–H groups in total. The third-order valence-electron chi connectivity index (χ3n) is 20.0. The van der Waals surface area contributed by atoms with Crippen molar-refractivity contribution in [3.63, 3.8) is 0 Å². The number of rotatable bonds is 17. The zero-order chi connectivity index (χ0) is 109. The molecule has 0 aliphatic heterocycles. The lowest BCUT2D eigenvalue weighted by Gasteiger charge is -2.22. The van der Waals surface area contributed by atoms with E-state index in [0.717, 1.165) is 6.92 Å². The Kier molecular flexibility index (Phi) is 38.3. The summed E-state index contributed by atoms with van der Waals surface area (Å²) in [5, 5.41) is 21.7. The first kappa shape index (κ1) is 118. The zero-order valence-electron chi connectivity index (χ0n) is 86.2. The van der Waals surface area contributed by atoms with Gasteiger partial charge in [0.25, 0.3) is 0 Å². The number of ether oxygens (including phenoxy) is 14. The molecule has 0 fully saturated rings. The van der Waals surface area contributed by atoms with Crippen molar-refractivity contribution in [1.29, 1.82) is 0 Å². The number of hydrogen-bond donors (Lipinski definition) is 10. The quantitative estimate of drug-likeness (QED) is 0.0175. The fourth-order valence-corrected chi connectivity index (χ4v) is 16.2. The summed E-state index contributed by atoms with van der Waals surface area (Å²) in [6.07, 6.45) is 0. The van der Waals surface area contributed by atoms with E-state index in [1.807, 2.05) is 125 Å². The van der Waals surface area contributed by atoms with Crippen molar-refractivity contribution < 1.29 is 94.6 Å². The molecule has 0 unspecified atom stereocenters. The van der Waals surface area contributed by atoms with Gasteiger partial charge in [0.05, 0.1) is 172 Å². The fraction of sp³-hybridized carbons (Fsp3) is 0.432. The highest BCUT2D eigenvalue weighted by Gasteiger charge is 2.37. The maximum absolute atomic E-state index is 15.0. The van der Waals surface area contributed by atoms with Gasteiger partial charge in [-0.3, -0.25) is 14.4 Å². The molecule has 0 bridgehead atoms. The maximum Gasteiger partial charge on any atom is 0.308 e. The van der Waals surface area contributed by atoms with E-state index in [4.69, 9.17) is 154 Å². The number of halogens is 6. The first-order chi connectivity index (χ1) is 66.1. The average Bonchev–Trinajstić information content (AvgIpc) is 0.783. The molecule has 48 heteroatoms. The number of carbonyl (C=O) groups is 3. The molecule has 0 saturated carbocycles. The topological polar surface area (TPSA) is 548 Å². The molecular formula is C95H121Br2ClF2IN21O18S3. The normalized spacial score (nSPS) is 11.5. The number of fused-ring (bicyclic) bond motifs is 6. The number of hydrogen-bond acceptors (Lipinski definition) is 39. The van der Waals surface area contributed by atoms with Gasteiger partial charge in [0, 0.05) is 53.3 Å². The highest BCUT2D eigenvalue weighted by atomic mass is 127. The fourth-order valence-electron chi connectivity index (χ4n) is 13.5. The lowest BCUT2D eigenvalue weighted by Crippen LogP contribution is -2.18. The number of thiocarbonyl (C=S) groups is 3. The number of aromatic nitrogens is 12. The molecule has 6 heterocycles. The van der Waals surface area contributed by atoms with Gasteiger partial charge in [-0.05, 0) is 75.2 Å². The Morgan fingerprint density at radius 3 is 0.818 bits per heavy atom. The molecule has 0 atom stereocenters. The summed E-state index contributed by atoms with van der Waals surface area (Å²) in [7, 11) is 16.0. The van der Waals surface area contributed by atoms with Gasteiger partial charge in [0.15, 0.2) is 69.1 Å². The molecule has 0 spiro atoms. The van der Waals surface area contributed by atoms with Crippen LogP contribution in [0.25, 0.3) is 65.4 Å². The second kappa shape index (κ2) is 46.6. The van der Waals surface area contributed by atoms with Crippen LogP contribution in [0.1, 0.15) is 201 Å². The highest BCUT2D eigenvalue weighted by Crippen LogP contribution is 2.56. The number of esters is 3. The molecule has 0 aliphatic rings. The van der Waals surface area contributed by atoms with Gasteiger partial charge < -0.3 is 122 Å². The third-order valence-corrected chi connectivity index (χ3v) is 23.1. The second-order valence-corrected chi connectivity index (χ2v) is 42.4. The molecule has 0 amide bonds. The van der Waals surface area contributed by atoms with Crippen LogP contribution < -0.4 is 117 Å².